The van der Waals surface area contributed by atoms with Crippen molar-refractivity contribution in [2.24, 2.45) is 0 Å². The molecule has 2 aromatic rings. The Morgan fingerprint density at radius 2 is 1.48 bits per heavy atom. The SMILES string of the molecule is c1cc2c(cc1CNc1ccc3c(c1)OCO3)OCCO2. The Kier molecular flexibility index (Phi) is 2.96. The predicted molar refractivity (Wildman–Crippen MR) is 77.3 cm³/mol. The number of anilines is 1. The van der Waals surface area contributed by atoms with Crippen LogP contribution in [0.25, 0.3) is 0 Å². The average Bonchev–Trinajstić information content (AvgIpc) is 3.00. The minimum Gasteiger partial charge on any atom is -0.486 e. The molecule has 0 aliphatic carbocycles. The number of fused-ring (bicyclic) bond motifs is 2. The van der Waals surface area contributed by atoms with E-state index in [4.69, 9.17) is 18.9 Å². The number of hydrogen-bond acceptors (Lipinski definition) is 5. The molecule has 0 unspecified atom stereocenters. The highest BCUT2D eigenvalue weighted by atomic mass is 16.7. The molecule has 5 heteroatoms. The quantitative estimate of drug-likeness (QED) is 0.939. The van der Waals surface area contributed by atoms with Crippen LogP contribution in [0.2, 0.25) is 0 Å². The van der Waals surface area contributed by atoms with Gasteiger partial charge in [-0.25, -0.2) is 0 Å². The topological polar surface area (TPSA) is 49.0 Å². The van der Waals surface area contributed by atoms with Gasteiger partial charge in [-0.3, -0.25) is 0 Å². The van der Waals surface area contributed by atoms with E-state index in [-0.39, 0.29) is 0 Å². The van der Waals surface area contributed by atoms with Crippen LogP contribution < -0.4 is 24.3 Å². The van der Waals surface area contributed by atoms with Crippen LogP contribution in [0.5, 0.6) is 23.0 Å². The fourth-order valence-corrected chi connectivity index (χ4v) is 2.41. The fourth-order valence-electron chi connectivity index (χ4n) is 2.41. The van der Waals surface area contributed by atoms with Gasteiger partial charge in [0.25, 0.3) is 0 Å². The molecule has 2 aromatic carbocycles. The summed E-state index contributed by atoms with van der Waals surface area (Å²) in [6.07, 6.45) is 0. The van der Waals surface area contributed by atoms with Crippen molar-refractivity contribution in [3.63, 3.8) is 0 Å². The molecule has 0 amide bonds. The predicted octanol–water partition coefficient (Wildman–Crippen LogP) is 2.80. The van der Waals surface area contributed by atoms with E-state index in [0.717, 1.165) is 34.2 Å². The molecule has 1 N–H and O–H groups in total. The summed E-state index contributed by atoms with van der Waals surface area (Å²) >= 11 is 0. The molecule has 2 aliphatic heterocycles. The number of benzene rings is 2. The number of ether oxygens (including phenoxy) is 4. The van der Waals surface area contributed by atoms with E-state index in [1.165, 1.54) is 0 Å². The van der Waals surface area contributed by atoms with Crippen LogP contribution in [0.15, 0.2) is 36.4 Å². The van der Waals surface area contributed by atoms with Gasteiger partial charge >= 0.3 is 0 Å². The number of nitrogens with one attached hydrogen (secondary N) is 1. The van der Waals surface area contributed by atoms with Gasteiger partial charge in [0, 0.05) is 18.3 Å². The summed E-state index contributed by atoms with van der Waals surface area (Å²) in [4.78, 5) is 0. The van der Waals surface area contributed by atoms with E-state index in [0.29, 0.717) is 26.6 Å². The lowest BCUT2D eigenvalue weighted by Gasteiger charge is -2.19. The summed E-state index contributed by atoms with van der Waals surface area (Å²) in [5.74, 6) is 3.20. The van der Waals surface area contributed by atoms with E-state index < -0.39 is 0 Å². The summed E-state index contributed by atoms with van der Waals surface area (Å²) in [7, 11) is 0. The van der Waals surface area contributed by atoms with Crippen LogP contribution >= 0.6 is 0 Å². The zero-order valence-electron chi connectivity index (χ0n) is 11.4. The molecule has 108 valence electrons. The van der Waals surface area contributed by atoms with Crippen molar-refractivity contribution in [1.82, 2.24) is 0 Å². The normalized spacial score (nSPS) is 14.9. The van der Waals surface area contributed by atoms with Crippen molar-refractivity contribution in [3.8, 4) is 23.0 Å². The Morgan fingerprint density at radius 3 is 2.43 bits per heavy atom. The second-order valence-electron chi connectivity index (χ2n) is 4.90. The summed E-state index contributed by atoms with van der Waals surface area (Å²) in [5, 5.41) is 3.37. The number of rotatable bonds is 3. The number of hydrogen-bond donors (Lipinski definition) is 1. The van der Waals surface area contributed by atoms with E-state index >= 15 is 0 Å². The summed E-state index contributed by atoms with van der Waals surface area (Å²) in [5.41, 5.74) is 2.13. The molecule has 4 rings (SSSR count). The molecular formula is C16H15NO4. The van der Waals surface area contributed by atoms with Gasteiger partial charge in [0.15, 0.2) is 23.0 Å². The first-order valence-corrected chi connectivity index (χ1v) is 6.90. The highest BCUT2D eigenvalue weighted by Gasteiger charge is 2.14. The van der Waals surface area contributed by atoms with Crippen LogP contribution in [0.4, 0.5) is 5.69 Å². The largest absolute Gasteiger partial charge is 0.486 e. The Hall–Kier alpha value is -2.56. The lowest BCUT2D eigenvalue weighted by Crippen LogP contribution is -2.15. The monoisotopic (exact) mass is 285 g/mol. The summed E-state index contributed by atoms with van der Waals surface area (Å²) < 4.78 is 21.8. The van der Waals surface area contributed by atoms with Crippen molar-refractivity contribution >= 4 is 5.69 Å². The minimum absolute atomic E-state index is 0.293. The molecule has 0 saturated carbocycles. The average molecular weight is 285 g/mol. The Labute approximate surface area is 122 Å². The van der Waals surface area contributed by atoms with Crippen LogP contribution in [-0.2, 0) is 6.54 Å². The first-order chi connectivity index (χ1) is 10.4. The molecular weight excluding hydrogens is 270 g/mol. The third kappa shape index (κ3) is 2.42. The van der Waals surface area contributed by atoms with Crippen LogP contribution in [-0.4, -0.2) is 20.0 Å². The molecule has 5 nitrogen and oxygen atoms in total. The second-order valence-corrected chi connectivity index (χ2v) is 4.90. The molecule has 0 fully saturated rings. The molecule has 0 spiro atoms. The maximum atomic E-state index is 5.59. The maximum absolute atomic E-state index is 5.59. The van der Waals surface area contributed by atoms with E-state index in [1.54, 1.807) is 0 Å². The maximum Gasteiger partial charge on any atom is 0.231 e. The summed E-state index contributed by atoms with van der Waals surface area (Å²) in [6.45, 7) is 2.21. The van der Waals surface area contributed by atoms with Gasteiger partial charge in [-0.05, 0) is 29.8 Å². The molecule has 2 heterocycles. The zero-order chi connectivity index (χ0) is 14.1. The van der Waals surface area contributed by atoms with E-state index in [2.05, 4.69) is 5.32 Å². The van der Waals surface area contributed by atoms with Crippen LogP contribution in [0.3, 0.4) is 0 Å². The van der Waals surface area contributed by atoms with Gasteiger partial charge in [0.05, 0.1) is 0 Å². The second kappa shape index (κ2) is 5.09. The van der Waals surface area contributed by atoms with Crippen molar-refractivity contribution in [1.29, 1.82) is 0 Å². The molecule has 0 saturated heterocycles. The van der Waals surface area contributed by atoms with Crippen molar-refractivity contribution in [2.75, 3.05) is 25.3 Å². The van der Waals surface area contributed by atoms with Gasteiger partial charge in [-0.2, -0.15) is 0 Å². The van der Waals surface area contributed by atoms with Gasteiger partial charge in [-0.1, -0.05) is 6.07 Å². The van der Waals surface area contributed by atoms with E-state index in [1.807, 2.05) is 36.4 Å². The smallest absolute Gasteiger partial charge is 0.231 e. The first kappa shape index (κ1) is 12.2. The summed E-state index contributed by atoms with van der Waals surface area (Å²) in [6, 6.07) is 11.8. The molecule has 0 atom stereocenters. The van der Waals surface area contributed by atoms with Crippen LogP contribution in [0.1, 0.15) is 5.56 Å². The highest BCUT2D eigenvalue weighted by molar-refractivity contribution is 5.56. The third-order valence-electron chi connectivity index (χ3n) is 3.48. The fraction of sp³-hybridized carbons (Fsp3) is 0.250. The zero-order valence-corrected chi connectivity index (χ0v) is 11.4. The van der Waals surface area contributed by atoms with Gasteiger partial charge < -0.3 is 24.3 Å². The Balaban J connectivity index is 1.47. The molecule has 0 radical (unpaired) electrons. The van der Waals surface area contributed by atoms with Gasteiger partial charge in [0.1, 0.15) is 13.2 Å². The van der Waals surface area contributed by atoms with Crippen molar-refractivity contribution < 1.29 is 18.9 Å². The van der Waals surface area contributed by atoms with E-state index in [9.17, 15) is 0 Å². The highest BCUT2D eigenvalue weighted by Crippen LogP contribution is 2.35. The Morgan fingerprint density at radius 1 is 0.762 bits per heavy atom. The Bertz CT molecular complexity index is 671. The lowest BCUT2D eigenvalue weighted by molar-refractivity contribution is 0.171. The van der Waals surface area contributed by atoms with Crippen molar-refractivity contribution in [2.45, 2.75) is 6.54 Å². The minimum atomic E-state index is 0.293. The van der Waals surface area contributed by atoms with Crippen molar-refractivity contribution in [3.05, 3.63) is 42.0 Å². The van der Waals surface area contributed by atoms with Gasteiger partial charge in [0.2, 0.25) is 6.79 Å². The first-order valence-electron chi connectivity index (χ1n) is 6.90. The lowest BCUT2D eigenvalue weighted by atomic mass is 10.2. The van der Waals surface area contributed by atoms with Crippen LogP contribution in [0, 0.1) is 0 Å². The molecule has 0 bridgehead atoms. The molecule has 0 aromatic heterocycles. The third-order valence-corrected chi connectivity index (χ3v) is 3.48. The van der Waals surface area contributed by atoms with Gasteiger partial charge in [-0.15, -0.1) is 0 Å². The standard InChI is InChI=1S/C16H15NO4/c1-3-13-15(19-6-5-18-13)7-11(1)9-17-12-2-4-14-16(8-12)21-10-20-14/h1-4,7-8,17H,5-6,9-10H2. The molecule has 21 heavy (non-hydrogen) atoms. The molecule has 2 aliphatic rings.